The number of carbonyl (C=O) groups is 1. The van der Waals surface area contributed by atoms with E-state index in [-0.39, 0.29) is 18.9 Å². The van der Waals surface area contributed by atoms with E-state index in [2.05, 4.69) is 39.4 Å². The molecule has 2 rings (SSSR count). The fourth-order valence-corrected chi connectivity index (χ4v) is 3.54. The topological polar surface area (TPSA) is 114 Å². The van der Waals surface area contributed by atoms with E-state index >= 15 is 4.39 Å². The average Bonchev–Trinajstić information content (AvgIpc) is 3.30. The molecule has 10 nitrogen and oxygen atoms in total. The van der Waals surface area contributed by atoms with Gasteiger partial charge < -0.3 is 20.6 Å². The van der Waals surface area contributed by atoms with Crippen LogP contribution >= 0.6 is 0 Å². The number of aliphatic carboxylic acids is 1. The van der Waals surface area contributed by atoms with Gasteiger partial charge in [0.25, 0.3) is 0 Å². The van der Waals surface area contributed by atoms with E-state index in [1.165, 1.54) is 18.6 Å². The van der Waals surface area contributed by atoms with Crippen molar-refractivity contribution < 1.29 is 19.0 Å². The SMILES string of the molecule is C=CCNN(/C=N\NC)C(=NCc1c(F)cc(CCN(CC)CC(=O)O)c2c1CCO2)NC=C. The van der Waals surface area contributed by atoms with E-state index in [4.69, 9.17) is 9.84 Å². The van der Waals surface area contributed by atoms with Crippen molar-refractivity contribution in [1.82, 2.24) is 26.1 Å². The zero-order valence-electron chi connectivity index (χ0n) is 19.8. The van der Waals surface area contributed by atoms with Gasteiger partial charge in [-0.25, -0.2) is 19.8 Å². The lowest BCUT2D eigenvalue weighted by Gasteiger charge is -2.22. The number of halogens is 1. The smallest absolute Gasteiger partial charge is 0.317 e. The molecule has 0 atom stereocenters. The van der Waals surface area contributed by atoms with Gasteiger partial charge in [0, 0.05) is 37.7 Å². The number of likely N-dealkylation sites (N-methyl/N-ethyl adjacent to an activating group) is 1. The van der Waals surface area contributed by atoms with Gasteiger partial charge in [-0.1, -0.05) is 19.6 Å². The van der Waals surface area contributed by atoms with Crippen LogP contribution in [0.5, 0.6) is 5.75 Å². The molecule has 1 aliphatic heterocycles. The number of nitrogens with zero attached hydrogens (tertiary/aromatic N) is 4. The number of guanidine groups is 1. The number of benzene rings is 1. The molecule has 0 spiro atoms. The molecule has 1 aromatic carbocycles. The Hall–Kier alpha value is -3.44. The zero-order valence-corrected chi connectivity index (χ0v) is 19.8. The second kappa shape index (κ2) is 14.0. The van der Waals surface area contributed by atoms with Gasteiger partial charge in [0.2, 0.25) is 5.96 Å². The summed E-state index contributed by atoms with van der Waals surface area (Å²) < 4.78 is 21.0. The summed E-state index contributed by atoms with van der Waals surface area (Å²) >= 11 is 0. The maximum atomic E-state index is 15.2. The zero-order chi connectivity index (χ0) is 24.9. The van der Waals surface area contributed by atoms with E-state index in [0.717, 1.165) is 11.1 Å². The number of aliphatic imine (C=N–C) groups is 1. The number of hydrogen-bond donors (Lipinski definition) is 4. The molecule has 0 radical (unpaired) electrons. The summed E-state index contributed by atoms with van der Waals surface area (Å²) in [5.41, 5.74) is 7.74. The maximum absolute atomic E-state index is 15.2. The number of carboxylic acids is 1. The van der Waals surface area contributed by atoms with Crippen LogP contribution < -0.4 is 20.9 Å². The Morgan fingerprint density at radius 2 is 2.21 bits per heavy atom. The third kappa shape index (κ3) is 7.56. The molecule has 1 heterocycles. The lowest BCUT2D eigenvalue weighted by atomic mass is 9.98. The average molecular weight is 476 g/mol. The number of carboxylic acid groups (broad SMARTS) is 1. The van der Waals surface area contributed by atoms with Gasteiger partial charge in [-0.15, -0.1) is 6.58 Å². The number of rotatable bonds is 14. The van der Waals surface area contributed by atoms with Gasteiger partial charge in [-0.3, -0.25) is 9.69 Å². The minimum Gasteiger partial charge on any atom is -0.493 e. The van der Waals surface area contributed by atoms with Crippen LogP contribution in [0.2, 0.25) is 0 Å². The van der Waals surface area contributed by atoms with Crippen molar-refractivity contribution in [1.29, 1.82) is 0 Å². The summed E-state index contributed by atoms with van der Waals surface area (Å²) in [7, 11) is 1.67. The Morgan fingerprint density at radius 3 is 2.85 bits per heavy atom. The van der Waals surface area contributed by atoms with Crippen LogP contribution in [0.4, 0.5) is 4.39 Å². The first-order valence-corrected chi connectivity index (χ1v) is 11.1. The largest absolute Gasteiger partial charge is 0.493 e. The molecule has 34 heavy (non-hydrogen) atoms. The van der Waals surface area contributed by atoms with E-state index < -0.39 is 5.97 Å². The summed E-state index contributed by atoms with van der Waals surface area (Å²) in [5.74, 6) is -0.200. The minimum atomic E-state index is -0.886. The predicted molar refractivity (Wildman–Crippen MR) is 131 cm³/mol. The first-order chi connectivity index (χ1) is 16.4. The van der Waals surface area contributed by atoms with Gasteiger partial charge in [-0.2, -0.15) is 5.10 Å². The normalized spacial score (nSPS) is 13.0. The molecule has 1 aromatic rings. The van der Waals surface area contributed by atoms with E-state index in [0.29, 0.717) is 56.4 Å². The lowest BCUT2D eigenvalue weighted by molar-refractivity contribution is -0.138. The first kappa shape index (κ1) is 26.8. The van der Waals surface area contributed by atoms with Crippen molar-refractivity contribution in [3.63, 3.8) is 0 Å². The van der Waals surface area contributed by atoms with E-state index in [1.54, 1.807) is 23.0 Å². The molecule has 11 heteroatoms. The van der Waals surface area contributed by atoms with Crippen molar-refractivity contribution in [3.8, 4) is 5.75 Å². The van der Waals surface area contributed by atoms with Crippen molar-refractivity contribution in [2.75, 3.05) is 39.8 Å². The Kier molecular flexibility index (Phi) is 11.0. The van der Waals surface area contributed by atoms with Crippen molar-refractivity contribution in [2.24, 2.45) is 10.1 Å². The molecular formula is C23H34FN7O3. The molecule has 0 bridgehead atoms. The lowest BCUT2D eigenvalue weighted by Crippen LogP contribution is -2.47. The molecule has 0 amide bonds. The monoisotopic (exact) mass is 475 g/mol. The van der Waals surface area contributed by atoms with Crippen LogP contribution in [-0.4, -0.2) is 73.1 Å². The van der Waals surface area contributed by atoms with E-state index in [1.807, 2.05) is 6.92 Å². The fraction of sp³-hybridized carbons (Fsp3) is 0.435. The van der Waals surface area contributed by atoms with Gasteiger partial charge in [0.05, 0.1) is 19.7 Å². The second-order valence-corrected chi connectivity index (χ2v) is 7.39. The summed E-state index contributed by atoms with van der Waals surface area (Å²) in [6, 6.07) is 1.47. The third-order valence-electron chi connectivity index (χ3n) is 5.18. The summed E-state index contributed by atoms with van der Waals surface area (Å²) in [6.07, 6.45) is 5.72. The molecule has 0 aromatic heterocycles. The number of hydrogen-bond acceptors (Lipinski definition) is 7. The van der Waals surface area contributed by atoms with Crippen molar-refractivity contribution in [2.45, 2.75) is 26.3 Å². The maximum Gasteiger partial charge on any atom is 0.317 e. The Morgan fingerprint density at radius 1 is 1.41 bits per heavy atom. The third-order valence-corrected chi connectivity index (χ3v) is 5.18. The highest BCUT2D eigenvalue weighted by molar-refractivity contribution is 5.90. The Balaban J connectivity index is 2.29. The first-order valence-electron chi connectivity index (χ1n) is 11.1. The highest BCUT2D eigenvalue weighted by atomic mass is 19.1. The molecule has 0 saturated heterocycles. The highest BCUT2D eigenvalue weighted by Gasteiger charge is 2.24. The number of fused-ring (bicyclic) bond motifs is 1. The highest BCUT2D eigenvalue weighted by Crippen LogP contribution is 2.35. The fourth-order valence-electron chi connectivity index (χ4n) is 3.54. The van der Waals surface area contributed by atoms with Crippen LogP contribution in [0, 0.1) is 5.82 Å². The second-order valence-electron chi connectivity index (χ2n) is 7.39. The van der Waals surface area contributed by atoms with Crippen LogP contribution in [-0.2, 0) is 24.2 Å². The number of hydrazone groups is 1. The summed E-state index contributed by atoms with van der Waals surface area (Å²) in [4.78, 5) is 17.4. The summed E-state index contributed by atoms with van der Waals surface area (Å²) in [6.45, 7) is 11.3. The quantitative estimate of drug-likeness (QED) is 0.138. The van der Waals surface area contributed by atoms with Crippen molar-refractivity contribution >= 4 is 18.3 Å². The van der Waals surface area contributed by atoms with Gasteiger partial charge in [-0.05, 0) is 30.8 Å². The molecular weight excluding hydrogens is 441 g/mol. The van der Waals surface area contributed by atoms with Crippen LogP contribution in [0.25, 0.3) is 0 Å². The van der Waals surface area contributed by atoms with E-state index in [9.17, 15) is 4.79 Å². The predicted octanol–water partition coefficient (Wildman–Crippen LogP) is 1.45. The molecule has 0 unspecified atom stereocenters. The number of hydrazine groups is 1. The molecule has 0 aliphatic carbocycles. The Labute approximate surface area is 199 Å². The van der Waals surface area contributed by atoms with Crippen LogP contribution in [0.15, 0.2) is 41.6 Å². The summed E-state index contributed by atoms with van der Waals surface area (Å²) in [5, 5.41) is 17.5. The van der Waals surface area contributed by atoms with Crippen LogP contribution in [0.1, 0.15) is 23.6 Å². The molecule has 1 aliphatic rings. The minimum absolute atomic E-state index is 0.0544. The van der Waals surface area contributed by atoms with Gasteiger partial charge in [0.15, 0.2) is 0 Å². The number of ether oxygens (including phenoxy) is 1. The van der Waals surface area contributed by atoms with Crippen molar-refractivity contribution in [3.05, 3.63) is 54.0 Å². The molecule has 0 saturated carbocycles. The van der Waals surface area contributed by atoms with Crippen LogP contribution in [0.3, 0.4) is 0 Å². The molecule has 4 N–H and O–H groups in total. The molecule has 186 valence electrons. The Bertz CT molecular complexity index is 920. The number of nitrogens with one attached hydrogen (secondary N) is 3. The van der Waals surface area contributed by atoms with Gasteiger partial charge >= 0.3 is 5.97 Å². The molecule has 0 fully saturated rings. The van der Waals surface area contributed by atoms with Gasteiger partial charge in [0.1, 0.15) is 17.9 Å². The standard InChI is InChI=1S/C23H34FN7O3/c1-5-10-29-31(16-28-25-4)23(26-6-2)27-14-19-18-9-12-34-22(18)17(13-20(19)24)8-11-30(7-3)15-21(32)33/h5-6,13,16,25,29H,1-2,7-12,14-15H2,3-4H3,(H,26,27)(H,32,33)/b28-16-.